The molecule has 0 aliphatic heterocycles. The average Bonchev–Trinajstić information content (AvgIpc) is 2.30. The minimum absolute atomic E-state index is 0.696. The lowest BCUT2D eigenvalue weighted by Gasteiger charge is -2.19. The maximum absolute atomic E-state index is 11.1. The van der Waals surface area contributed by atoms with E-state index in [-0.39, 0.29) is 0 Å². The van der Waals surface area contributed by atoms with Gasteiger partial charge in [0.1, 0.15) is 6.10 Å². The smallest absolute Gasteiger partial charge is 0.337 e. The summed E-state index contributed by atoms with van der Waals surface area (Å²) in [5.74, 6) is -0.703. The lowest BCUT2D eigenvalue weighted by Crippen LogP contribution is -2.30. The van der Waals surface area contributed by atoms with Crippen LogP contribution in [0.1, 0.15) is 11.7 Å². The molecule has 1 N–H and O–H groups in total. The number of benzene rings is 1. The Balaban J connectivity index is 2.85. The summed E-state index contributed by atoms with van der Waals surface area (Å²) in [6, 6.07) is 9.03. The first-order chi connectivity index (χ1) is 7.20. The number of rotatable bonds is 4. The van der Waals surface area contributed by atoms with Crippen LogP contribution in [0.25, 0.3) is 0 Å². The van der Waals surface area contributed by atoms with Crippen LogP contribution >= 0.6 is 0 Å². The maximum atomic E-state index is 11.1. The molecule has 0 spiro atoms. The van der Waals surface area contributed by atoms with Crippen molar-refractivity contribution in [2.45, 2.75) is 12.2 Å². The van der Waals surface area contributed by atoms with E-state index in [1.54, 1.807) is 12.1 Å². The molecule has 0 amide bonds. The molecule has 82 valence electrons. The Morgan fingerprint density at radius 3 is 2.33 bits per heavy atom. The normalized spacial score (nSPS) is 14.3. The largest absolute Gasteiger partial charge is 0.467 e. The molecule has 0 saturated heterocycles. The van der Waals surface area contributed by atoms with Crippen LogP contribution in [0, 0.1) is 0 Å². The summed E-state index contributed by atoms with van der Waals surface area (Å²) in [7, 11) is 2.66. The molecule has 1 aromatic carbocycles. The van der Waals surface area contributed by atoms with E-state index in [1.165, 1.54) is 14.2 Å². The molecule has 0 aliphatic rings. The molecule has 4 heteroatoms. The van der Waals surface area contributed by atoms with Crippen molar-refractivity contribution < 1.29 is 19.4 Å². The summed E-state index contributed by atoms with van der Waals surface area (Å²) in [4.78, 5) is 11.1. The van der Waals surface area contributed by atoms with Crippen LogP contribution in [-0.4, -0.2) is 31.4 Å². The fourth-order valence-corrected chi connectivity index (χ4v) is 1.33. The summed E-state index contributed by atoms with van der Waals surface area (Å²) in [6.07, 6.45) is -2.00. The van der Waals surface area contributed by atoms with Crippen LogP contribution in [0.2, 0.25) is 0 Å². The first-order valence-electron chi connectivity index (χ1n) is 4.54. The predicted molar refractivity (Wildman–Crippen MR) is 54.2 cm³/mol. The number of carbonyl (C=O) groups excluding carboxylic acids is 1. The second kappa shape index (κ2) is 5.48. The van der Waals surface area contributed by atoms with Gasteiger partial charge in [-0.3, -0.25) is 0 Å². The number of methoxy groups -OCH3 is 2. The molecular weight excluding hydrogens is 196 g/mol. The third kappa shape index (κ3) is 2.78. The number of hydrogen-bond acceptors (Lipinski definition) is 4. The van der Waals surface area contributed by atoms with Gasteiger partial charge in [-0.15, -0.1) is 0 Å². The number of esters is 1. The third-order valence-corrected chi connectivity index (χ3v) is 2.11. The van der Waals surface area contributed by atoms with Crippen molar-refractivity contribution in [1.29, 1.82) is 0 Å². The summed E-state index contributed by atoms with van der Waals surface area (Å²) in [5.41, 5.74) is 0.734. The van der Waals surface area contributed by atoms with Gasteiger partial charge in [0.25, 0.3) is 0 Å². The van der Waals surface area contributed by atoms with Gasteiger partial charge in [-0.1, -0.05) is 30.3 Å². The molecule has 2 atom stereocenters. The molecular formula is C11H14O4. The molecule has 0 fully saturated rings. The predicted octanol–water partition coefficient (Wildman–Crippen LogP) is 0.908. The van der Waals surface area contributed by atoms with Gasteiger partial charge in [0.15, 0.2) is 6.10 Å². The zero-order chi connectivity index (χ0) is 11.3. The first-order valence-corrected chi connectivity index (χ1v) is 4.54. The van der Waals surface area contributed by atoms with Crippen LogP contribution in [0.3, 0.4) is 0 Å². The van der Waals surface area contributed by atoms with Crippen molar-refractivity contribution >= 4 is 5.97 Å². The Morgan fingerprint density at radius 1 is 1.27 bits per heavy atom. The van der Waals surface area contributed by atoms with Gasteiger partial charge in [-0.2, -0.15) is 0 Å². The zero-order valence-corrected chi connectivity index (χ0v) is 8.71. The van der Waals surface area contributed by atoms with Crippen molar-refractivity contribution in [2.24, 2.45) is 0 Å². The lowest BCUT2D eigenvalue weighted by molar-refractivity contribution is -0.158. The zero-order valence-electron chi connectivity index (χ0n) is 8.71. The molecule has 15 heavy (non-hydrogen) atoms. The highest BCUT2D eigenvalue weighted by Gasteiger charge is 2.27. The Kier molecular flexibility index (Phi) is 4.27. The topological polar surface area (TPSA) is 55.8 Å². The summed E-state index contributed by atoms with van der Waals surface area (Å²) < 4.78 is 9.52. The Hall–Kier alpha value is -1.39. The summed E-state index contributed by atoms with van der Waals surface area (Å²) >= 11 is 0. The maximum Gasteiger partial charge on any atom is 0.337 e. The Morgan fingerprint density at radius 2 is 1.87 bits per heavy atom. The summed E-state index contributed by atoms with van der Waals surface area (Å²) in [6.45, 7) is 0. The molecule has 1 aromatic rings. The molecule has 1 rings (SSSR count). The van der Waals surface area contributed by atoms with Crippen LogP contribution in [0.5, 0.6) is 0 Å². The SMILES string of the molecule is COC(=O)[C@@H](O)[C@H](OC)c1ccccc1. The Bertz CT molecular complexity index is 310. The van der Waals surface area contributed by atoms with E-state index < -0.39 is 18.2 Å². The molecule has 0 bridgehead atoms. The van der Waals surface area contributed by atoms with E-state index in [9.17, 15) is 9.90 Å². The van der Waals surface area contributed by atoms with E-state index in [0.29, 0.717) is 0 Å². The summed E-state index contributed by atoms with van der Waals surface area (Å²) in [5, 5.41) is 9.63. The van der Waals surface area contributed by atoms with E-state index in [4.69, 9.17) is 4.74 Å². The van der Waals surface area contributed by atoms with Crippen molar-refractivity contribution in [3.63, 3.8) is 0 Å². The quantitative estimate of drug-likeness (QED) is 0.750. The fraction of sp³-hybridized carbons (Fsp3) is 0.364. The van der Waals surface area contributed by atoms with Gasteiger partial charge in [-0.05, 0) is 5.56 Å². The van der Waals surface area contributed by atoms with Gasteiger partial charge in [0.05, 0.1) is 7.11 Å². The fourth-order valence-electron chi connectivity index (χ4n) is 1.33. The second-order valence-corrected chi connectivity index (χ2v) is 3.03. The number of ether oxygens (including phenoxy) is 2. The monoisotopic (exact) mass is 210 g/mol. The van der Waals surface area contributed by atoms with E-state index >= 15 is 0 Å². The van der Waals surface area contributed by atoms with Gasteiger partial charge in [0.2, 0.25) is 0 Å². The highest BCUT2D eigenvalue weighted by atomic mass is 16.5. The van der Waals surface area contributed by atoms with E-state index in [1.807, 2.05) is 18.2 Å². The molecule has 0 heterocycles. The van der Waals surface area contributed by atoms with Crippen molar-refractivity contribution in [2.75, 3.05) is 14.2 Å². The van der Waals surface area contributed by atoms with Gasteiger partial charge < -0.3 is 14.6 Å². The standard InChI is InChI=1S/C11H14O4/c1-14-10(9(12)11(13)15-2)8-6-4-3-5-7-8/h3-7,9-10,12H,1-2H3/t9-,10+/m0/s1. The van der Waals surface area contributed by atoms with Crippen molar-refractivity contribution in [3.8, 4) is 0 Å². The average molecular weight is 210 g/mol. The molecule has 4 nitrogen and oxygen atoms in total. The Labute approximate surface area is 88.4 Å². The van der Waals surface area contributed by atoms with Gasteiger partial charge in [-0.25, -0.2) is 4.79 Å². The molecule has 0 radical (unpaired) electrons. The molecule has 0 saturated carbocycles. The van der Waals surface area contributed by atoms with E-state index in [0.717, 1.165) is 5.56 Å². The third-order valence-electron chi connectivity index (χ3n) is 2.11. The second-order valence-electron chi connectivity index (χ2n) is 3.03. The van der Waals surface area contributed by atoms with Crippen LogP contribution in [-0.2, 0) is 14.3 Å². The number of hydrogen-bond donors (Lipinski definition) is 1. The van der Waals surface area contributed by atoms with Crippen molar-refractivity contribution in [3.05, 3.63) is 35.9 Å². The van der Waals surface area contributed by atoms with Crippen LogP contribution in [0.4, 0.5) is 0 Å². The highest BCUT2D eigenvalue weighted by Crippen LogP contribution is 2.20. The number of aliphatic hydroxyl groups is 1. The molecule has 0 unspecified atom stereocenters. The van der Waals surface area contributed by atoms with Crippen molar-refractivity contribution in [1.82, 2.24) is 0 Å². The van der Waals surface area contributed by atoms with Gasteiger partial charge >= 0.3 is 5.97 Å². The van der Waals surface area contributed by atoms with Gasteiger partial charge in [0, 0.05) is 7.11 Å². The molecule has 0 aliphatic carbocycles. The lowest BCUT2D eigenvalue weighted by atomic mass is 10.0. The van der Waals surface area contributed by atoms with E-state index in [2.05, 4.69) is 4.74 Å². The number of aliphatic hydroxyl groups excluding tert-OH is 1. The van der Waals surface area contributed by atoms with Crippen LogP contribution < -0.4 is 0 Å². The van der Waals surface area contributed by atoms with Crippen LogP contribution in [0.15, 0.2) is 30.3 Å². The number of carbonyl (C=O) groups is 1. The molecule has 0 aromatic heterocycles. The minimum Gasteiger partial charge on any atom is -0.467 e. The minimum atomic E-state index is -1.30. The first kappa shape index (κ1) is 11.7. The highest BCUT2D eigenvalue weighted by molar-refractivity contribution is 5.75.